The minimum Gasteiger partial charge on any atom is -0.492 e. The van der Waals surface area contributed by atoms with Crippen molar-refractivity contribution >= 4 is 0 Å². The van der Waals surface area contributed by atoms with Gasteiger partial charge in [-0.15, -0.1) is 0 Å². The Kier molecular flexibility index (Phi) is 4.50. The molecule has 0 spiro atoms. The van der Waals surface area contributed by atoms with Crippen molar-refractivity contribution in [3.05, 3.63) is 23.0 Å². The first kappa shape index (κ1) is 15.1. The number of nitrogens with zero attached hydrogens (tertiary/aromatic N) is 1. The van der Waals surface area contributed by atoms with Crippen molar-refractivity contribution in [3.63, 3.8) is 0 Å². The highest BCUT2D eigenvalue weighted by molar-refractivity contribution is 5.52. The van der Waals surface area contributed by atoms with Gasteiger partial charge in [-0.25, -0.2) is 4.39 Å². The van der Waals surface area contributed by atoms with Crippen LogP contribution in [0.1, 0.15) is 23.6 Å². The van der Waals surface area contributed by atoms with E-state index in [-0.39, 0.29) is 17.6 Å². The fraction of sp³-hybridized carbons (Fsp3) is 0.600. The number of methoxy groups -OCH3 is 2. The maximum atomic E-state index is 14.2. The monoisotopic (exact) mass is 282 g/mol. The zero-order chi connectivity index (χ0) is 14.9. The molecule has 2 N–H and O–H groups in total. The number of nitrogens with two attached hydrogens (primary N) is 1. The summed E-state index contributed by atoms with van der Waals surface area (Å²) in [6.45, 7) is 3.55. The molecule has 1 aliphatic rings. The van der Waals surface area contributed by atoms with Crippen LogP contribution < -0.4 is 15.2 Å². The quantitative estimate of drug-likeness (QED) is 0.919. The highest BCUT2D eigenvalue weighted by Gasteiger charge is 2.32. The number of hydrogen-bond acceptors (Lipinski definition) is 4. The van der Waals surface area contributed by atoms with E-state index in [1.807, 2.05) is 14.0 Å². The minimum absolute atomic E-state index is 0.171. The standard InChI is InChI=1S/C15H23FN2O2/c1-9-11(13-5-10(7-17)8-18(13)2)6-12(16)15(20-4)14(9)19-3/h6,10,13H,5,7-8,17H2,1-4H3. The number of benzene rings is 1. The first-order chi connectivity index (χ1) is 9.53. The first-order valence-electron chi connectivity index (χ1n) is 6.84. The van der Waals surface area contributed by atoms with Crippen LogP contribution in [0, 0.1) is 18.7 Å². The molecule has 20 heavy (non-hydrogen) atoms. The van der Waals surface area contributed by atoms with Gasteiger partial charge in [-0.3, -0.25) is 4.90 Å². The number of halogens is 1. The van der Waals surface area contributed by atoms with Crippen molar-refractivity contribution in [2.45, 2.75) is 19.4 Å². The van der Waals surface area contributed by atoms with Gasteiger partial charge in [-0.05, 0) is 50.0 Å². The van der Waals surface area contributed by atoms with Crippen LogP contribution in [0.5, 0.6) is 11.5 Å². The molecule has 1 aliphatic heterocycles. The molecule has 1 aromatic rings. The van der Waals surface area contributed by atoms with Crippen LogP contribution in [0.15, 0.2) is 6.07 Å². The molecule has 0 amide bonds. The van der Waals surface area contributed by atoms with Gasteiger partial charge in [0, 0.05) is 12.6 Å². The van der Waals surface area contributed by atoms with Crippen molar-refractivity contribution in [1.82, 2.24) is 4.90 Å². The molecule has 1 aromatic carbocycles. The summed E-state index contributed by atoms with van der Waals surface area (Å²) in [5.41, 5.74) is 7.65. The SMILES string of the molecule is COc1c(F)cc(C2CC(CN)CN2C)c(C)c1OC. The molecule has 1 fully saturated rings. The Morgan fingerprint density at radius 2 is 2.00 bits per heavy atom. The Hall–Kier alpha value is -1.33. The van der Waals surface area contributed by atoms with E-state index >= 15 is 0 Å². The second-order valence-corrected chi connectivity index (χ2v) is 5.43. The van der Waals surface area contributed by atoms with E-state index < -0.39 is 0 Å². The third kappa shape index (κ3) is 2.47. The van der Waals surface area contributed by atoms with Crippen molar-refractivity contribution < 1.29 is 13.9 Å². The van der Waals surface area contributed by atoms with Crippen LogP contribution in [-0.2, 0) is 0 Å². The topological polar surface area (TPSA) is 47.7 Å². The summed E-state index contributed by atoms with van der Waals surface area (Å²) in [6.07, 6.45) is 0.947. The van der Waals surface area contributed by atoms with Gasteiger partial charge in [-0.2, -0.15) is 0 Å². The fourth-order valence-electron chi connectivity index (χ4n) is 3.14. The molecule has 5 heteroatoms. The lowest BCUT2D eigenvalue weighted by Crippen LogP contribution is -2.21. The van der Waals surface area contributed by atoms with E-state index in [1.54, 1.807) is 6.07 Å². The van der Waals surface area contributed by atoms with Gasteiger partial charge in [0.25, 0.3) is 0 Å². The van der Waals surface area contributed by atoms with E-state index in [4.69, 9.17) is 15.2 Å². The second-order valence-electron chi connectivity index (χ2n) is 5.43. The molecular weight excluding hydrogens is 259 g/mol. The Balaban J connectivity index is 2.45. The second kappa shape index (κ2) is 5.97. The van der Waals surface area contributed by atoms with Crippen LogP contribution in [0.25, 0.3) is 0 Å². The van der Waals surface area contributed by atoms with E-state index in [2.05, 4.69) is 4.90 Å². The van der Waals surface area contributed by atoms with Gasteiger partial charge < -0.3 is 15.2 Å². The molecule has 112 valence electrons. The highest BCUT2D eigenvalue weighted by Crippen LogP contribution is 2.42. The lowest BCUT2D eigenvalue weighted by molar-refractivity contribution is 0.305. The maximum Gasteiger partial charge on any atom is 0.197 e. The number of rotatable bonds is 4. The summed E-state index contributed by atoms with van der Waals surface area (Å²) < 4.78 is 24.6. The zero-order valence-corrected chi connectivity index (χ0v) is 12.6. The maximum absolute atomic E-state index is 14.2. The van der Waals surface area contributed by atoms with E-state index in [0.717, 1.165) is 24.1 Å². The van der Waals surface area contributed by atoms with Gasteiger partial charge in [0.05, 0.1) is 14.2 Å². The van der Waals surface area contributed by atoms with Crippen molar-refractivity contribution in [3.8, 4) is 11.5 Å². The average Bonchev–Trinajstić information content (AvgIpc) is 2.81. The van der Waals surface area contributed by atoms with Gasteiger partial charge in [0.2, 0.25) is 0 Å². The molecule has 0 radical (unpaired) electrons. The van der Waals surface area contributed by atoms with E-state index in [9.17, 15) is 4.39 Å². The third-order valence-electron chi connectivity index (χ3n) is 4.21. The summed E-state index contributed by atoms with van der Waals surface area (Å²) in [5, 5.41) is 0. The predicted octanol–water partition coefficient (Wildman–Crippen LogP) is 2.10. The van der Waals surface area contributed by atoms with Crippen LogP contribution in [0.4, 0.5) is 4.39 Å². The summed E-state index contributed by atoms with van der Waals surface area (Å²) >= 11 is 0. The van der Waals surface area contributed by atoms with Crippen LogP contribution >= 0.6 is 0 Å². The van der Waals surface area contributed by atoms with Crippen LogP contribution in [0.3, 0.4) is 0 Å². The molecule has 2 rings (SSSR count). The number of ether oxygens (including phenoxy) is 2. The van der Waals surface area contributed by atoms with E-state index in [0.29, 0.717) is 18.2 Å². The molecule has 1 heterocycles. The molecule has 0 saturated carbocycles. The van der Waals surface area contributed by atoms with Gasteiger partial charge >= 0.3 is 0 Å². The highest BCUT2D eigenvalue weighted by atomic mass is 19.1. The van der Waals surface area contributed by atoms with Crippen LogP contribution in [-0.4, -0.2) is 39.3 Å². The summed E-state index contributed by atoms with van der Waals surface area (Å²) in [6, 6.07) is 1.74. The molecule has 1 saturated heterocycles. The zero-order valence-electron chi connectivity index (χ0n) is 12.6. The number of hydrogen-bond donors (Lipinski definition) is 1. The summed E-state index contributed by atoms with van der Waals surface area (Å²) in [7, 11) is 5.04. The fourth-order valence-corrected chi connectivity index (χ4v) is 3.14. The van der Waals surface area contributed by atoms with Crippen molar-refractivity contribution in [1.29, 1.82) is 0 Å². The normalized spacial score (nSPS) is 23.1. The molecule has 0 aromatic heterocycles. The Labute approximate surface area is 119 Å². The van der Waals surface area contributed by atoms with Crippen LogP contribution in [0.2, 0.25) is 0 Å². The van der Waals surface area contributed by atoms with E-state index in [1.165, 1.54) is 14.2 Å². The molecule has 0 bridgehead atoms. The predicted molar refractivity (Wildman–Crippen MR) is 76.8 cm³/mol. The largest absolute Gasteiger partial charge is 0.492 e. The summed E-state index contributed by atoms with van der Waals surface area (Å²) in [5.74, 6) is 0.729. The van der Waals surface area contributed by atoms with Crippen molar-refractivity contribution in [2.75, 3.05) is 34.4 Å². The molecule has 2 unspecified atom stereocenters. The average molecular weight is 282 g/mol. The lowest BCUT2D eigenvalue weighted by atomic mass is 9.95. The van der Waals surface area contributed by atoms with Gasteiger partial charge in [-0.1, -0.05) is 0 Å². The molecule has 0 aliphatic carbocycles. The Morgan fingerprint density at radius 1 is 1.35 bits per heavy atom. The molecule has 4 nitrogen and oxygen atoms in total. The molecule has 2 atom stereocenters. The van der Waals surface area contributed by atoms with Gasteiger partial charge in [0.15, 0.2) is 17.3 Å². The molecular formula is C15H23FN2O2. The lowest BCUT2D eigenvalue weighted by Gasteiger charge is -2.24. The first-order valence-corrected chi connectivity index (χ1v) is 6.84. The smallest absolute Gasteiger partial charge is 0.197 e. The minimum atomic E-state index is -0.380. The van der Waals surface area contributed by atoms with Crippen molar-refractivity contribution in [2.24, 2.45) is 11.7 Å². The Morgan fingerprint density at radius 3 is 2.50 bits per heavy atom. The third-order valence-corrected chi connectivity index (χ3v) is 4.21. The van der Waals surface area contributed by atoms with Gasteiger partial charge in [0.1, 0.15) is 0 Å². The summed E-state index contributed by atoms with van der Waals surface area (Å²) in [4.78, 5) is 2.23. The number of likely N-dealkylation sites (tertiary alicyclic amines) is 1. The Bertz CT molecular complexity index is 493.